The van der Waals surface area contributed by atoms with Crippen molar-refractivity contribution in [1.82, 2.24) is 9.97 Å². The van der Waals surface area contributed by atoms with Crippen molar-refractivity contribution in [2.45, 2.75) is 31.1 Å². The molecule has 0 amide bonds. The Morgan fingerprint density at radius 1 is 1.25 bits per heavy atom. The third kappa shape index (κ3) is 3.22. The molecule has 1 heterocycles. The second kappa shape index (κ2) is 5.69. The minimum atomic E-state index is 0.286. The van der Waals surface area contributed by atoms with E-state index in [0.717, 1.165) is 13.0 Å². The molecule has 1 saturated carbocycles. The van der Waals surface area contributed by atoms with E-state index in [0.29, 0.717) is 16.9 Å². The smallest absolute Gasteiger partial charge is 0.222 e. The monoisotopic (exact) mass is 259 g/mol. The average Bonchev–Trinajstić information content (AvgIpc) is 2.30. The summed E-state index contributed by atoms with van der Waals surface area (Å²) in [7, 11) is 0. The zero-order chi connectivity index (χ0) is 11.4. The van der Waals surface area contributed by atoms with Crippen molar-refractivity contribution in [3.05, 3.63) is 17.4 Å². The molecule has 0 aliphatic heterocycles. The molecule has 16 heavy (non-hydrogen) atoms. The molecular weight excluding hydrogens is 245 g/mol. The summed E-state index contributed by atoms with van der Waals surface area (Å²) in [4.78, 5) is 8.18. The quantitative estimate of drug-likeness (QED) is 0.847. The first-order chi connectivity index (χ1) is 7.75. The number of nitrogens with one attached hydrogen (secondary N) is 1. The third-order valence-electron chi connectivity index (χ3n) is 2.96. The van der Waals surface area contributed by atoms with Crippen LogP contribution in [0.1, 0.15) is 25.7 Å². The zero-order valence-corrected chi connectivity index (χ0v) is 10.5. The van der Waals surface area contributed by atoms with Crippen molar-refractivity contribution < 1.29 is 0 Å². The molecule has 0 aromatic carbocycles. The van der Waals surface area contributed by atoms with Gasteiger partial charge in [-0.2, -0.15) is 0 Å². The van der Waals surface area contributed by atoms with Crippen LogP contribution in [0.15, 0.2) is 12.4 Å². The zero-order valence-electron chi connectivity index (χ0n) is 9.00. The maximum Gasteiger partial charge on any atom is 0.222 e. The fourth-order valence-corrected chi connectivity index (χ4v) is 2.49. The molecule has 0 spiro atoms. The number of alkyl halides is 1. The number of nitrogens with zero attached hydrogens (tertiary/aromatic N) is 2. The molecule has 2 atom stereocenters. The molecule has 2 rings (SSSR count). The van der Waals surface area contributed by atoms with Crippen LogP contribution in [-0.4, -0.2) is 21.9 Å². The molecule has 2 unspecified atom stereocenters. The van der Waals surface area contributed by atoms with Crippen LogP contribution in [0.25, 0.3) is 0 Å². The molecular formula is C11H15Cl2N3. The van der Waals surface area contributed by atoms with Gasteiger partial charge in [-0.3, -0.25) is 0 Å². The van der Waals surface area contributed by atoms with Crippen LogP contribution in [0.5, 0.6) is 0 Å². The number of halogens is 2. The van der Waals surface area contributed by atoms with E-state index in [1.807, 2.05) is 0 Å². The number of aromatic nitrogens is 2. The third-order valence-corrected chi connectivity index (χ3v) is 3.73. The van der Waals surface area contributed by atoms with Crippen molar-refractivity contribution in [2.24, 2.45) is 5.92 Å². The molecule has 1 aromatic heterocycles. The highest BCUT2D eigenvalue weighted by Crippen LogP contribution is 2.28. The summed E-state index contributed by atoms with van der Waals surface area (Å²) in [5.41, 5.74) is 0. The fraction of sp³-hybridized carbons (Fsp3) is 0.636. The SMILES string of the molecule is Clc1cnc(NCC2CCCCC2Cl)nc1. The van der Waals surface area contributed by atoms with Gasteiger partial charge >= 0.3 is 0 Å². The van der Waals surface area contributed by atoms with Crippen LogP contribution in [-0.2, 0) is 0 Å². The molecule has 1 N–H and O–H groups in total. The highest BCUT2D eigenvalue weighted by molar-refractivity contribution is 6.30. The molecule has 1 fully saturated rings. The standard InChI is InChI=1S/C11H15Cl2N3/c12-9-6-15-11(16-7-9)14-5-8-3-1-2-4-10(8)13/h6-8,10H,1-5H2,(H,14,15,16). The van der Waals surface area contributed by atoms with Crippen LogP contribution >= 0.6 is 23.2 Å². The van der Waals surface area contributed by atoms with Crippen LogP contribution in [0.4, 0.5) is 5.95 Å². The molecule has 5 heteroatoms. The molecule has 0 bridgehead atoms. The van der Waals surface area contributed by atoms with E-state index in [4.69, 9.17) is 23.2 Å². The molecule has 0 saturated heterocycles. The Balaban J connectivity index is 1.84. The Morgan fingerprint density at radius 2 is 1.94 bits per heavy atom. The van der Waals surface area contributed by atoms with Gasteiger partial charge in [0.25, 0.3) is 0 Å². The van der Waals surface area contributed by atoms with E-state index in [1.165, 1.54) is 19.3 Å². The second-order valence-corrected chi connectivity index (χ2v) is 5.16. The highest BCUT2D eigenvalue weighted by atomic mass is 35.5. The number of rotatable bonds is 3. The van der Waals surface area contributed by atoms with Gasteiger partial charge in [0.05, 0.1) is 17.4 Å². The van der Waals surface area contributed by atoms with Gasteiger partial charge in [-0.1, -0.05) is 24.4 Å². The molecule has 1 aliphatic rings. The van der Waals surface area contributed by atoms with Gasteiger partial charge in [0.1, 0.15) is 0 Å². The van der Waals surface area contributed by atoms with Crippen molar-refractivity contribution in [3.8, 4) is 0 Å². The minimum absolute atomic E-state index is 0.286. The van der Waals surface area contributed by atoms with Gasteiger partial charge in [0.15, 0.2) is 0 Å². The van der Waals surface area contributed by atoms with Gasteiger partial charge in [0.2, 0.25) is 5.95 Å². The largest absolute Gasteiger partial charge is 0.354 e. The molecule has 1 aliphatic carbocycles. The lowest BCUT2D eigenvalue weighted by atomic mass is 9.89. The minimum Gasteiger partial charge on any atom is -0.354 e. The molecule has 3 nitrogen and oxygen atoms in total. The van der Waals surface area contributed by atoms with Gasteiger partial charge in [0, 0.05) is 11.9 Å². The summed E-state index contributed by atoms with van der Waals surface area (Å²) in [6, 6.07) is 0. The van der Waals surface area contributed by atoms with Gasteiger partial charge in [-0.25, -0.2) is 9.97 Å². The highest BCUT2D eigenvalue weighted by Gasteiger charge is 2.22. The van der Waals surface area contributed by atoms with E-state index >= 15 is 0 Å². The van der Waals surface area contributed by atoms with Crippen molar-refractivity contribution in [1.29, 1.82) is 0 Å². The Kier molecular flexibility index (Phi) is 4.24. The maximum absolute atomic E-state index is 6.27. The van der Waals surface area contributed by atoms with Gasteiger partial charge < -0.3 is 5.32 Å². The van der Waals surface area contributed by atoms with Crippen molar-refractivity contribution >= 4 is 29.2 Å². The predicted octanol–water partition coefficient (Wildman–Crippen LogP) is 3.34. The first kappa shape index (κ1) is 11.9. The van der Waals surface area contributed by atoms with E-state index in [-0.39, 0.29) is 5.38 Å². The average molecular weight is 260 g/mol. The first-order valence-electron chi connectivity index (χ1n) is 5.61. The van der Waals surface area contributed by atoms with E-state index in [9.17, 15) is 0 Å². The Labute approximate surface area is 106 Å². The van der Waals surface area contributed by atoms with Crippen LogP contribution in [0.2, 0.25) is 5.02 Å². The Bertz CT molecular complexity index is 329. The number of anilines is 1. The van der Waals surface area contributed by atoms with Crippen molar-refractivity contribution in [2.75, 3.05) is 11.9 Å². The maximum atomic E-state index is 6.27. The fourth-order valence-electron chi connectivity index (χ4n) is 2.02. The van der Waals surface area contributed by atoms with E-state index in [1.54, 1.807) is 12.4 Å². The Hall–Kier alpha value is -0.540. The lowest BCUT2D eigenvalue weighted by Crippen LogP contribution is -2.27. The number of hydrogen-bond acceptors (Lipinski definition) is 3. The van der Waals surface area contributed by atoms with Crippen LogP contribution < -0.4 is 5.32 Å². The summed E-state index contributed by atoms with van der Waals surface area (Å²) in [5, 5.41) is 4.05. The summed E-state index contributed by atoms with van der Waals surface area (Å²) in [5.74, 6) is 1.15. The second-order valence-electron chi connectivity index (χ2n) is 4.17. The first-order valence-corrected chi connectivity index (χ1v) is 6.42. The molecule has 1 aromatic rings. The Morgan fingerprint density at radius 3 is 2.62 bits per heavy atom. The van der Waals surface area contributed by atoms with Crippen LogP contribution in [0.3, 0.4) is 0 Å². The van der Waals surface area contributed by atoms with Crippen LogP contribution in [0, 0.1) is 5.92 Å². The van der Waals surface area contributed by atoms with E-state index < -0.39 is 0 Å². The van der Waals surface area contributed by atoms with Crippen molar-refractivity contribution in [3.63, 3.8) is 0 Å². The topological polar surface area (TPSA) is 37.8 Å². The van der Waals surface area contributed by atoms with Gasteiger partial charge in [-0.15, -0.1) is 11.6 Å². The molecule has 88 valence electrons. The molecule has 0 radical (unpaired) electrons. The number of hydrogen-bond donors (Lipinski definition) is 1. The van der Waals surface area contributed by atoms with E-state index in [2.05, 4.69) is 15.3 Å². The summed E-state index contributed by atoms with van der Waals surface area (Å²) in [6.07, 6.45) is 8.02. The van der Waals surface area contributed by atoms with Gasteiger partial charge in [-0.05, 0) is 18.8 Å². The normalized spacial score (nSPS) is 25.4. The summed E-state index contributed by atoms with van der Waals surface area (Å²) >= 11 is 12.0. The predicted molar refractivity (Wildman–Crippen MR) is 67.1 cm³/mol. The lowest BCUT2D eigenvalue weighted by molar-refractivity contribution is 0.380. The lowest BCUT2D eigenvalue weighted by Gasteiger charge is -2.26. The summed E-state index contributed by atoms with van der Waals surface area (Å²) < 4.78 is 0. The summed E-state index contributed by atoms with van der Waals surface area (Å²) in [6.45, 7) is 0.843.